The zero-order valence-electron chi connectivity index (χ0n) is 11.8. The molecule has 1 N–H and O–H groups in total. The topological polar surface area (TPSA) is 41.6 Å². The van der Waals surface area contributed by atoms with E-state index in [2.05, 4.69) is 12.2 Å². The molecule has 1 amide bonds. The van der Waals surface area contributed by atoms with Gasteiger partial charge in [-0.3, -0.25) is 9.69 Å². The highest BCUT2D eigenvalue weighted by Gasteiger charge is 2.38. The fourth-order valence-electron chi connectivity index (χ4n) is 2.15. The summed E-state index contributed by atoms with van der Waals surface area (Å²) in [7, 11) is 0. The van der Waals surface area contributed by atoms with Crippen LogP contribution in [0.15, 0.2) is 0 Å². The number of carbonyl (C=O) groups is 1. The largest absolute Gasteiger partial charge is 0.379 e. The van der Waals surface area contributed by atoms with E-state index in [1.165, 1.54) is 0 Å². The van der Waals surface area contributed by atoms with Crippen molar-refractivity contribution < 1.29 is 9.53 Å². The van der Waals surface area contributed by atoms with E-state index in [0.717, 1.165) is 25.7 Å². The highest BCUT2D eigenvalue weighted by atomic mass is 35.6. The molecule has 1 aliphatic rings. The Morgan fingerprint density at radius 1 is 1.25 bits per heavy atom. The summed E-state index contributed by atoms with van der Waals surface area (Å²) >= 11 is 18.0. The zero-order chi connectivity index (χ0) is 15.0. The molecule has 0 spiro atoms. The highest BCUT2D eigenvalue weighted by molar-refractivity contribution is 6.68. The molecule has 1 fully saturated rings. The number of hydrogen-bond donors (Lipinski definition) is 1. The second kappa shape index (κ2) is 9.31. The number of halogens is 3. The number of carbonyl (C=O) groups excluding carboxylic acids is 1. The van der Waals surface area contributed by atoms with Crippen LogP contribution in [-0.4, -0.2) is 47.1 Å². The van der Waals surface area contributed by atoms with Gasteiger partial charge in [0.1, 0.15) is 6.17 Å². The van der Waals surface area contributed by atoms with Gasteiger partial charge < -0.3 is 10.1 Å². The molecule has 20 heavy (non-hydrogen) atoms. The van der Waals surface area contributed by atoms with Crippen molar-refractivity contribution in [1.82, 2.24) is 10.2 Å². The number of nitrogens with one attached hydrogen (secondary N) is 1. The van der Waals surface area contributed by atoms with Crippen LogP contribution in [0.5, 0.6) is 0 Å². The first-order chi connectivity index (χ1) is 9.45. The summed E-state index contributed by atoms with van der Waals surface area (Å²) in [4.78, 5) is 13.9. The number of ether oxygens (including phenoxy) is 1. The van der Waals surface area contributed by atoms with Crippen LogP contribution in [-0.2, 0) is 9.53 Å². The van der Waals surface area contributed by atoms with Crippen molar-refractivity contribution in [3.63, 3.8) is 0 Å². The van der Waals surface area contributed by atoms with Gasteiger partial charge in [0, 0.05) is 19.5 Å². The molecule has 0 saturated carbocycles. The first-order valence-corrected chi connectivity index (χ1v) is 8.26. The molecule has 1 atom stereocenters. The number of alkyl halides is 3. The monoisotopic (exact) mass is 344 g/mol. The third-order valence-electron chi connectivity index (χ3n) is 3.28. The Morgan fingerprint density at radius 3 is 2.45 bits per heavy atom. The molecule has 0 aromatic heterocycles. The predicted octanol–water partition coefficient (Wildman–Crippen LogP) is 3.10. The number of amides is 1. The van der Waals surface area contributed by atoms with E-state index in [1.54, 1.807) is 0 Å². The molecule has 0 aromatic rings. The number of hydrogen-bond acceptors (Lipinski definition) is 3. The molecule has 0 aliphatic carbocycles. The summed E-state index contributed by atoms with van der Waals surface area (Å²) in [5.41, 5.74) is 0. The molecule has 7 heteroatoms. The molecule has 4 nitrogen and oxygen atoms in total. The van der Waals surface area contributed by atoms with E-state index in [0.29, 0.717) is 32.7 Å². The third-order valence-corrected chi connectivity index (χ3v) is 3.90. The van der Waals surface area contributed by atoms with Gasteiger partial charge >= 0.3 is 0 Å². The molecule has 1 saturated heterocycles. The summed E-state index contributed by atoms with van der Waals surface area (Å²) < 4.78 is 3.73. The minimum absolute atomic E-state index is 0.0658. The maximum Gasteiger partial charge on any atom is 0.223 e. The van der Waals surface area contributed by atoms with Crippen LogP contribution in [0.3, 0.4) is 0 Å². The maximum absolute atomic E-state index is 12.0. The van der Waals surface area contributed by atoms with Gasteiger partial charge in [0.2, 0.25) is 9.70 Å². The van der Waals surface area contributed by atoms with Crippen molar-refractivity contribution in [1.29, 1.82) is 0 Å². The van der Waals surface area contributed by atoms with Crippen LogP contribution >= 0.6 is 34.8 Å². The van der Waals surface area contributed by atoms with Gasteiger partial charge in [0.15, 0.2) is 0 Å². The third kappa shape index (κ3) is 6.81. The van der Waals surface area contributed by atoms with Gasteiger partial charge in [-0.15, -0.1) is 0 Å². The van der Waals surface area contributed by atoms with Crippen LogP contribution in [0.4, 0.5) is 0 Å². The van der Waals surface area contributed by atoms with Gasteiger partial charge in [0.25, 0.3) is 0 Å². The Kier molecular flexibility index (Phi) is 8.53. The van der Waals surface area contributed by atoms with Gasteiger partial charge in [0.05, 0.1) is 13.2 Å². The van der Waals surface area contributed by atoms with Gasteiger partial charge in [-0.05, 0) is 6.42 Å². The summed E-state index contributed by atoms with van der Waals surface area (Å²) in [5, 5.41) is 2.84. The molecule has 118 valence electrons. The molecule has 0 bridgehead atoms. The zero-order valence-corrected chi connectivity index (χ0v) is 14.1. The minimum Gasteiger partial charge on any atom is -0.379 e. The molecule has 0 radical (unpaired) electrons. The minimum atomic E-state index is -1.55. The lowest BCUT2D eigenvalue weighted by molar-refractivity contribution is -0.123. The second-order valence-corrected chi connectivity index (χ2v) is 7.34. The predicted molar refractivity (Wildman–Crippen MR) is 83.4 cm³/mol. The smallest absolute Gasteiger partial charge is 0.223 e. The van der Waals surface area contributed by atoms with Crippen LogP contribution in [0.2, 0.25) is 0 Å². The number of morpholine rings is 1. The average Bonchev–Trinajstić information content (AvgIpc) is 2.41. The van der Waals surface area contributed by atoms with E-state index in [9.17, 15) is 4.79 Å². The van der Waals surface area contributed by atoms with Gasteiger partial charge in [-0.1, -0.05) is 61.0 Å². The summed E-state index contributed by atoms with van der Waals surface area (Å²) in [6.07, 6.45) is 4.09. The Morgan fingerprint density at radius 2 is 1.90 bits per heavy atom. The Hall–Kier alpha value is 0.260. The number of nitrogens with zero attached hydrogens (tertiary/aromatic N) is 1. The van der Waals surface area contributed by atoms with Gasteiger partial charge in [-0.2, -0.15) is 0 Å². The maximum atomic E-state index is 12.0. The van der Waals surface area contributed by atoms with E-state index >= 15 is 0 Å². The Bertz CT molecular complexity index is 292. The Labute approximate surface area is 136 Å². The van der Waals surface area contributed by atoms with Crippen molar-refractivity contribution >= 4 is 40.7 Å². The first-order valence-electron chi connectivity index (χ1n) is 7.13. The van der Waals surface area contributed by atoms with Crippen molar-refractivity contribution in [2.24, 2.45) is 0 Å². The SMILES string of the molecule is CCCCCCC(=O)N[C@@H](N1CCOCC1)C(Cl)(Cl)Cl. The van der Waals surface area contributed by atoms with Crippen LogP contribution < -0.4 is 5.32 Å². The van der Waals surface area contributed by atoms with E-state index < -0.39 is 9.96 Å². The summed E-state index contributed by atoms with van der Waals surface area (Å²) in [5.74, 6) is -0.0658. The van der Waals surface area contributed by atoms with Gasteiger partial charge in [-0.25, -0.2) is 0 Å². The molecule has 1 rings (SSSR count). The Balaban J connectivity index is 2.45. The number of unbranched alkanes of at least 4 members (excludes halogenated alkanes) is 3. The lowest BCUT2D eigenvalue weighted by Gasteiger charge is -2.38. The van der Waals surface area contributed by atoms with E-state index in [-0.39, 0.29) is 5.91 Å². The molecule has 0 aromatic carbocycles. The van der Waals surface area contributed by atoms with Crippen LogP contribution in [0.25, 0.3) is 0 Å². The molecule has 1 heterocycles. The molecular weight excluding hydrogens is 323 g/mol. The standard InChI is InChI=1S/C13H23Cl3N2O2/c1-2-3-4-5-6-11(19)17-12(13(14,15)16)18-7-9-20-10-8-18/h12H,2-10H2,1H3,(H,17,19)/t12-/m0/s1. The summed E-state index contributed by atoms with van der Waals surface area (Å²) in [6.45, 7) is 4.61. The van der Waals surface area contributed by atoms with Crippen molar-refractivity contribution in [2.45, 2.75) is 49.0 Å². The second-order valence-electron chi connectivity index (χ2n) is 4.97. The quantitative estimate of drug-likeness (QED) is 0.569. The molecule has 1 aliphatic heterocycles. The lowest BCUT2D eigenvalue weighted by atomic mass is 10.1. The van der Waals surface area contributed by atoms with Crippen LogP contribution in [0, 0.1) is 0 Å². The van der Waals surface area contributed by atoms with E-state index in [4.69, 9.17) is 39.5 Å². The fraction of sp³-hybridized carbons (Fsp3) is 0.923. The first kappa shape index (κ1) is 18.3. The number of rotatable bonds is 7. The normalized spacial score (nSPS) is 18.8. The fourth-order valence-corrected chi connectivity index (χ4v) is 2.73. The highest BCUT2D eigenvalue weighted by Crippen LogP contribution is 2.32. The lowest BCUT2D eigenvalue weighted by Crippen LogP contribution is -2.58. The molecule has 0 unspecified atom stereocenters. The summed E-state index contributed by atoms with van der Waals surface area (Å²) in [6, 6.07) is 0. The molecular formula is C13H23Cl3N2O2. The van der Waals surface area contributed by atoms with Crippen molar-refractivity contribution in [2.75, 3.05) is 26.3 Å². The average molecular weight is 346 g/mol. The van der Waals surface area contributed by atoms with E-state index in [1.807, 2.05) is 4.90 Å². The van der Waals surface area contributed by atoms with Crippen molar-refractivity contribution in [3.05, 3.63) is 0 Å². The van der Waals surface area contributed by atoms with Crippen molar-refractivity contribution in [3.8, 4) is 0 Å². The van der Waals surface area contributed by atoms with Crippen LogP contribution in [0.1, 0.15) is 39.0 Å².